The number of nitrogens with one attached hydrogen (secondary N) is 1. The Morgan fingerprint density at radius 2 is 2.11 bits per heavy atom. The van der Waals surface area contributed by atoms with E-state index < -0.39 is 13.4 Å². The zero-order valence-corrected chi connectivity index (χ0v) is 11.9. The number of hydrogen-bond donors (Lipinski definition) is 3. The van der Waals surface area contributed by atoms with Gasteiger partial charge in [-0.25, -0.2) is 9.97 Å². The highest BCUT2D eigenvalue weighted by Gasteiger charge is 2.22. The van der Waals surface area contributed by atoms with Gasteiger partial charge in [-0.2, -0.15) is 0 Å². The van der Waals surface area contributed by atoms with Gasteiger partial charge in [-0.15, -0.1) is 11.3 Å². The van der Waals surface area contributed by atoms with Gasteiger partial charge in [0.25, 0.3) is 0 Å². The van der Waals surface area contributed by atoms with Crippen molar-refractivity contribution < 1.29 is 14.4 Å². The zero-order valence-electron chi connectivity index (χ0n) is 10.2. The summed E-state index contributed by atoms with van der Waals surface area (Å²) in [6, 6.07) is 3.87. The Bertz CT molecular complexity index is 567. The van der Waals surface area contributed by atoms with Crippen molar-refractivity contribution in [2.75, 3.05) is 0 Å². The summed E-state index contributed by atoms with van der Waals surface area (Å²) in [7, 11) is -4.09. The topological polar surface area (TPSA) is 95.3 Å². The summed E-state index contributed by atoms with van der Waals surface area (Å²) in [4.78, 5) is 27.3. The zero-order chi connectivity index (χ0) is 13.9. The first-order chi connectivity index (χ1) is 8.97. The molecule has 2 aromatic rings. The minimum Gasteiger partial charge on any atom is -0.323 e. The molecule has 0 aromatic carbocycles. The molecule has 2 aromatic heterocycles. The molecule has 1 atom stereocenters. The Balaban J connectivity index is 1.98. The molecule has 8 heteroatoms. The molecule has 0 aliphatic heterocycles. The average molecular weight is 299 g/mol. The fraction of sp³-hybridized carbons (Fsp3) is 0.273. The van der Waals surface area contributed by atoms with Crippen molar-refractivity contribution in [1.82, 2.24) is 15.3 Å². The molecular weight excluding hydrogens is 285 g/mol. The highest BCUT2D eigenvalue weighted by Crippen LogP contribution is 2.39. The number of hydrogen-bond acceptors (Lipinski definition) is 5. The molecule has 0 radical (unpaired) electrons. The Hall–Kier alpha value is -1.11. The summed E-state index contributed by atoms with van der Waals surface area (Å²) >= 11 is 1.56. The van der Waals surface area contributed by atoms with E-state index in [4.69, 9.17) is 9.79 Å². The monoisotopic (exact) mass is 299 g/mol. The lowest BCUT2D eigenvalue weighted by atomic mass is 10.3. The molecular formula is C11H14N3O3PS. The van der Waals surface area contributed by atoms with Crippen molar-refractivity contribution >= 4 is 18.9 Å². The molecule has 0 saturated heterocycles. The van der Waals surface area contributed by atoms with E-state index in [0.717, 1.165) is 10.4 Å². The molecule has 19 heavy (non-hydrogen) atoms. The molecule has 2 rings (SSSR count). The van der Waals surface area contributed by atoms with Gasteiger partial charge in [0.15, 0.2) is 5.82 Å². The summed E-state index contributed by atoms with van der Waals surface area (Å²) in [5.41, 5.74) is 0.778. The van der Waals surface area contributed by atoms with E-state index in [9.17, 15) is 4.57 Å². The average Bonchev–Trinajstić information content (AvgIpc) is 2.89. The minimum atomic E-state index is -4.09. The van der Waals surface area contributed by atoms with Crippen LogP contribution in [0, 0.1) is 0 Å². The maximum atomic E-state index is 11.0. The number of nitrogens with zero attached hydrogens (tertiary/aromatic N) is 2. The van der Waals surface area contributed by atoms with Crippen LogP contribution in [0.15, 0.2) is 29.9 Å². The normalized spacial score (nSPS) is 13.4. The molecule has 0 amide bonds. The lowest BCUT2D eigenvalue weighted by Crippen LogP contribution is -2.25. The highest BCUT2D eigenvalue weighted by molar-refractivity contribution is 7.52. The van der Waals surface area contributed by atoms with Gasteiger partial charge in [-0.3, -0.25) is 9.88 Å². The van der Waals surface area contributed by atoms with Crippen molar-refractivity contribution in [3.63, 3.8) is 0 Å². The third kappa shape index (κ3) is 3.92. The lowest BCUT2D eigenvalue weighted by molar-refractivity contribution is 0.350. The van der Waals surface area contributed by atoms with E-state index in [-0.39, 0.29) is 0 Å². The van der Waals surface area contributed by atoms with Gasteiger partial charge < -0.3 is 9.79 Å². The second-order valence-electron chi connectivity index (χ2n) is 4.04. The third-order valence-corrected chi connectivity index (χ3v) is 4.61. The van der Waals surface area contributed by atoms with E-state index in [2.05, 4.69) is 15.3 Å². The van der Waals surface area contributed by atoms with Crippen LogP contribution >= 0.6 is 18.9 Å². The summed E-state index contributed by atoms with van der Waals surface area (Å²) < 4.78 is 11.0. The summed E-state index contributed by atoms with van der Waals surface area (Å²) in [5.74, 6) is -0.230. The maximum Gasteiger partial charge on any atom is 0.342 e. The van der Waals surface area contributed by atoms with Crippen LogP contribution in [0.1, 0.15) is 12.5 Å². The number of aromatic nitrogens is 2. The van der Waals surface area contributed by atoms with Crippen LogP contribution in [0.2, 0.25) is 0 Å². The Morgan fingerprint density at radius 3 is 2.63 bits per heavy atom. The largest absolute Gasteiger partial charge is 0.342 e. The molecule has 2 heterocycles. The van der Waals surface area contributed by atoms with Gasteiger partial charge in [0.05, 0.1) is 4.88 Å². The Labute approximate surface area is 114 Å². The Morgan fingerprint density at radius 1 is 1.42 bits per heavy atom. The molecule has 0 aliphatic carbocycles. The van der Waals surface area contributed by atoms with E-state index in [1.807, 2.05) is 17.5 Å². The van der Waals surface area contributed by atoms with Crippen LogP contribution in [-0.2, 0) is 11.1 Å². The number of rotatable bonds is 5. The molecule has 0 aliphatic rings. The first-order valence-corrected chi connectivity index (χ1v) is 8.16. The van der Waals surface area contributed by atoms with Crippen molar-refractivity contribution in [2.45, 2.75) is 19.3 Å². The van der Waals surface area contributed by atoms with Crippen LogP contribution in [-0.4, -0.2) is 25.5 Å². The highest BCUT2D eigenvalue weighted by atomic mass is 32.1. The predicted molar refractivity (Wildman–Crippen MR) is 73.7 cm³/mol. The minimum absolute atomic E-state index is 0.316. The molecule has 3 N–H and O–H groups in total. The van der Waals surface area contributed by atoms with Gasteiger partial charge in [-0.05, 0) is 18.4 Å². The van der Waals surface area contributed by atoms with Gasteiger partial charge in [0, 0.05) is 24.5 Å². The Kier molecular flexibility index (Phi) is 4.44. The molecule has 0 saturated carbocycles. The van der Waals surface area contributed by atoms with Crippen LogP contribution in [0.3, 0.4) is 0 Å². The fourth-order valence-corrected chi connectivity index (χ4v) is 2.36. The quantitative estimate of drug-likeness (QED) is 0.729. The van der Waals surface area contributed by atoms with E-state index >= 15 is 0 Å². The van der Waals surface area contributed by atoms with Crippen LogP contribution in [0.4, 0.5) is 0 Å². The molecule has 0 fully saturated rings. The summed E-state index contributed by atoms with van der Waals surface area (Å²) in [5, 5.41) is 4.71. The van der Waals surface area contributed by atoms with Gasteiger partial charge in [0.1, 0.15) is 5.78 Å². The SMILES string of the molecule is C[C@@H](NCc1cnc(-c2cccs2)nc1)P(=O)(O)O. The second kappa shape index (κ2) is 5.90. The molecule has 0 spiro atoms. The number of thiophene rings is 1. The van der Waals surface area contributed by atoms with Gasteiger partial charge >= 0.3 is 7.60 Å². The van der Waals surface area contributed by atoms with Gasteiger partial charge in [-0.1, -0.05) is 6.07 Å². The lowest BCUT2D eigenvalue weighted by Gasteiger charge is -2.14. The smallest absolute Gasteiger partial charge is 0.323 e. The second-order valence-corrected chi connectivity index (χ2v) is 6.94. The summed E-state index contributed by atoms with van der Waals surface area (Å²) in [6.45, 7) is 1.76. The standard InChI is InChI=1S/C11H14N3O3PS/c1-8(18(15,16)17)12-5-9-6-13-11(14-7-9)10-3-2-4-19-10/h2-4,6-8,12H,5H2,1H3,(H2,15,16,17)/t8-/m0/s1. The molecule has 102 valence electrons. The van der Waals surface area contributed by atoms with Crippen LogP contribution in [0.25, 0.3) is 10.7 Å². The van der Waals surface area contributed by atoms with E-state index in [1.54, 1.807) is 23.7 Å². The first-order valence-electron chi connectivity index (χ1n) is 5.60. The van der Waals surface area contributed by atoms with E-state index in [1.165, 1.54) is 6.92 Å². The van der Waals surface area contributed by atoms with Crippen molar-refractivity contribution in [2.24, 2.45) is 0 Å². The van der Waals surface area contributed by atoms with Crippen molar-refractivity contribution in [1.29, 1.82) is 0 Å². The predicted octanol–water partition coefficient (Wildman–Crippen LogP) is 1.82. The van der Waals surface area contributed by atoms with Crippen LogP contribution < -0.4 is 5.32 Å². The molecule has 6 nitrogen and oxygen atoms in total. The van der Waals surface area contributed by atoms with E-state index in [0.29, 0.717) is 12.4 Å². The molecule has 0 unspecified atom stereocenters. The third-order valence-electron chi connectivity index (χ3n) is 2.55. The maximum absolute atomic E-state index is 11.0. The fourth-order valence-electron chi connectivity index (χ4n) is 1.36. The summed E-state index contributed by atoms with van der Waals surface area (Å²) in [6.07, 6.45) is 3.31. The molecule has 0 bridgehead atoms. The first kappa shape index (κ1) is 14.3. The van der Waals surface area contributed by atoms with Crippen LogP contribution in [0.5, 0.6) is 0 Å². The van der Waals surface area contributed by atoms with Crippen molar-refractivity contribution in [3.8, 4) is 10.7 Å². The van der Waals surface area contributed by atoms with Crippen molar-refractivity contribution in [3.05, 3.63) is 35.5 Å². The van der Waals surface area contributed by atoms with Gasteiger partial charge in [0.2, 0.25) is 0 Å².